The molecule has 0 aromatic heterocycles. The molecule has 0 aliphatic carbocycles. The van der Waals surface area contributed by atoms with Crippen LogP contribution in [-0.4, -0.2) is 18.1 Å². The van der Waals surface area contributed by atoms with Crippen molar-refractivity contribution in [1.82, 2.24) is 0 Å². The summed E-state index contributed by atoms with van der Waals surface area (Å²) in [6, 6.07) is 5.09. The van der Waals surface area contributed by atoms with Gasteiger partial charge in [-0.25, -0.2) is 4.39 Å². The molecule has 0 radical (unpaired) electrons. The smallest absolute Gasteiger partial charge is 0.161 e. The van der Waals surface area contributed by atoms with Gasteiger partial charge in [0.1, 0.15) is 6.07 Å². The quantitative estimate of drug-likeness (QED) is 0.641. The van der Waals surface area contributed by atoms with E-state index in [0.29, 0.717) is 17.8 Å². The van der Waals surface area contributed by atoms with E-state index in [2.05, 4.69) is 27.8 Å². The number of hydrogen-bond acceptors (Lipinski definition) is 3. The van der Waals surface area contributed by atoms with E-state index in [0.717, 1.165) is 11.5 Å². The van der Waals surface area contributed by atoms with Gasteiger partial charge in [-0.05, 0) is 28.1 Å². The molecule has 2 nitrogen and oxygen atoms in total. The van der Waals surface area contributed by atoms with Gasteiger partial charge in [-0.2, -0.15) is 17.0 Å². The molecular weight excluding hydrogens is 303 g/mol. The molecule has 0 bridgehead atoms. The summed E-state index contributed by atoms with van der Waals surface area (Å²) in [6.07, 6.45) is 1.84. The number of hydrogen-bond donors (Lipinski definition) is 1. The van der Waals surface area contributed by atoms with Crippen LogP contribution >= 0.6 is 27.7 Å². The molecule has 0 spiro atoms. The summed E-state index contributed by atoms with van der Waals surface area (Å²) in [6.45, 7) is 4.30. The van der Waals surface area contributed by atoms with Crippen LogP contribution in [0.5, 0.6) is 0 Å². The minimum Gasteiger partial charge on any atom is -0.382 e. The molecule has 0 aliphatic heterocycles. The van der Waals surface area contributed by atoms with Gasteiger partial charge in [-0.3, -0.25) is 0 Å². The Morgan fingerprint density at radius 2 is 2.35 bits per heavy atom. The van der Waals surface area contributed by atoms with Crippen LogP contribution in [0.4, 0.5) is 10.1 Å². The molecule has 1 aromatic rings. The molecule has 1 rings (SSSR count). The standard InChI is InChI=1S/C12H12BrFN2S/c1-2-6-17-7-5-16-10-4-3-9(8-15)11(13)12(10)14/h2-4,16H,1,5-7H2. The van der Waals surface area contributed by atoms with E-state index < -0.39 is 5.82 Å². The van der Waals surface area contributed by atoms with Gasteiger partial charge in [-0.1, -0.05) is 6.08 Å². The topological polar surface area (TPSA) is 35.8 Å². The molecule has 0 unspecified atom stereocenters. The van der Waals surface area contributed by atoms with Crippen molar-refractivity contribution in [3.8, 4) is 6.07 Å². The monoisotopic (exact) mass is 314 g/mol. The maximum absolute atomic E-state index is 13.7. The number of thioether (sulfide) groups is 1. The van der Waals surface area contributed by atoms with E-state index in [4.69, 9.17) is 5.26 Å². The minimum absolute atomic E-state index is 0.212. The van der Waals surface area contributed by atoms with Crippen LogP contribution in [0.2, 0.25) is 0 Å². The fourth-order valence-electron chi connectivity index (χ4n) is 1.20. The normalized spacial score (nSPS) is 9.71. The van der Waals surface area contributed by atoms with E-state index in [9.17, 15) is 4.39 Å². The predicted octanol–water partition coefficient (Wildman–Crippen LogP) is 3.79. The van der Waals surface area contributed by atoms with Gasteiger partial charge in [0.05, 0.1) is 15.7 Å². The molecule has 0 saturated heterocycles. The molecule has 0 atom stereocenters. The first-order valence-corrected chi connectivity index (χ1v) is 6.96. The molecule has 1 N–H and O–H groups in total. The Labute approximate surface area is 113 Å². The molecule has 0 amide bonds. The van der Waals surface area contributed by atoms with Gasteiger partial charge in [0.2, 0.25) is 0 Å². The summed E-state index contributed by atoms with van der Waals surface area (Å²) in [5, 5.41) is 11.7. The fraction of sp³-hybridized carbons (Fsp3) is 0.250. The van der Waals surface area contributed by atoms with Crippen molar-refractivity contribution in [3.63, 3.8) is 0 Å². The molecular formula is C12H12BrFN2S. The Morgan fingerprint density at radius 3 is 3.00 bits per heavy atom. The highest BCUT2D eigenvalue weighted by molar-refractivity contribution is 9.10. The number of benzene rings is 1. The highest BCUT2D eigenvalue weighted by Gasteiger charge is 2.10. The minimum atomic E-state index is -0.419. The third-order valence-corrected chi connectivity index (χ3v) is 3.74. The Bertz CT molecular complexity index is 443. The zero-order chi connectivity index (χ0) is 12.7. The van der Waals surface area contributed by atoms with Crippen molar-refractivity contribution < 1.29 is 4.39 Å². The lowest BCUT2D eigenvalue weighted by Crippen LogP contribution is -2.06. The maximum Gasteiger partial charge on any atom is 0.161 e. The van der Waals surface area contributed by atoms with Crippen LogP contribution < -0.4 is 5.32 Å². The Kier molecular flexibility index (Phi) is 6.09. The predicted molar refractivity (Wildman–Crippen MR) is 74.8 cm³/mol. The zero-order valence-electron chi connectivity index (χ0n) is 9.17. The van der Waals surface area contributed by atoms with Gasteiger partial charge < -0.3 is 5.32 Å². The van der Waals surface area contributed by atoms with Crippen LogP contribution in [0.3, 0.4) is 0 Å². The van der Waals surface area contributed by atoms with Crippen LogP contribution in [0.25, 0.3) is 0 Å². The summed E-state index contributed by atoms with van der Waals surface area (Å²) in [5.41, 5.74) is 0.712. The number of nitrogens with zero attached hydrogens (tertiary/aromatic N) is 1. The van der Waals surface area contributed by atoms with Gasteiger partial charge >= 0.3 is 0 Å². The van der Waals surface area contributed by atoms with Gasteiger partial charge in [0.15, 0.2) is 5.82 Å². The van der Waals surface area contributed by atoms with Gasteiger partial charge in [-0.15, -0.1) is 6.58 Å². The summed E-state index contributed by atoms with van der Waals surface area (Å²) in [5.74, 6) is 1.35. The van der Waals surface area contributed by atoms with Gasteiger partial charge in [0, 0.05) is 18.1 Å². The second-order valence-electron chi connectivity index (χ2n) is 3.19. The van der Waals surface area contributed by atoms with E-state index in [-0.39, 0.29) is 4.47 Å². The molecule has 0 aliphatic rings. The average molecular weight is 315 g/mol. The largest absolute Gasteiger partial charge is 0.382 e. The third-order valence-electron chi connectivity index (χ3n) is 2.00. The number of nitrogens with one attached hydrogen (secondary N) is 1. The molecule has 1 aromatic carbocycles. The molecule has 17 heavy (non-hydrogen) atoms. The van der Waals surface area contributed by atoms with Crippen molar-refractivity contribution in [2.24, 2.45) is 0 Å². The highest BCUT2D eigenvalue weighted by Crippen LogP contribution is 2.26. The van der Waals surface area contributed by atoms with E-state index >= 15 is 0 Å². The van der Waals surface area contributed by atoms with Crippen LogP contribution in [0, 0.1) is 17.1 Å². The van der Waals surface area contributed by atoms with E-state index in [1.165, 1.54) is 0 Å². The van der Waals surface area contributed by atoms with Crippen molar-refractivity contribution >= 4 is 33.4 Å². The first-order valence-electron chi connectivity index (χ1n) is 5.01. The van der Waals surface area contributed by atoms with Crippen molar-refractivity contribution in [1.29, 1.82) is 5.26 Å². The summed E-state index contributed by atoms with van der Waals surface area (Å²) < 4.78 is 14.0. The lowest BCUT2D eigenvalue weighted by Gasteiger charge is -2.08. The van der Waals surface area contributed by atoms with Crippen LogP contribution in [-0.2, 0) is 0 Å². The number of anilines is 1. The molecule has 90 valence electrons. The van der Waals surface area contributed by atoms with Crippen LogP contribution in [0.15, 0.2) is 29.3 Å². The van der Waals surface area contributed by atoms with Crippen molar-refractivity contribution in [2.45, 2.75) is 0 Å². The van der Waals surface area contributed by atoms with E-state index in [1.54, 1.807) is 23.9 Å². The van der Waals surface area contributed by atoms with Crippen molar-refractivity contribution in [2.75, 3.05) is 23.4 Å². The Hall–Kier alpha value is -0.990. The number of halogens is 2. The second-order valence-corrected chi connectivity index (χ2v) is 5.13. The second kappa shape index (κ2) is 7.36. The molecule has 0 fully saturated rings. The zero-order valence-corrected chi connectivity index (χ0v) is 11.6. The summed E-state index contributed by atoms with van der Waals surface area (Å²) in [7, 11) is 0. The maximum atomic E-state index is 13.7. The lowest BCUT2D eigenvalue weighted by molar-refractivity contribution is 0.623. The van der Waals surface area contributed by atoms with Crippen LogP contribution in [0.1, 0.15) is 5.56 Å². The summed E-state index contributed by atoms with van der Waals surface area (Å²) >= 11 is 4.79. The Morgan fingerprint density at radius 1 is 1.59 bits per heavy atom. The number of nitriles is 1. The average Bonchev–Trinajstić information content (AvgIpc) is 2.34. The van der Waals surface area contributed by atoms with Crippen molar-refractivity contribution in [3.05, 3.63) is 40.6 Å². The molecule has 0 saturated carbocycles. The molecule has 5 heteroatoms. The SMILES string of the molecule is C=CCSCCNc1ccc(C#N)c(Br)c1F. The fourth-order valence-corrected chi connectivity index (χ4v) is 2.21. The van der Waals surface area contributed by atoms with E-state index in [1.807, 2.05) is 12.1 Å². The Balaban J connectivity index is 2.58. The first kappa shape index (κ1) is 14.1. The molecule has 0 heterocycles. The lowest BCUT2D eigenvalue weighted by atomic mass is 10.2. The number of rotatable bonds is 6. The highest BCUT2D eigenvalue weighted by atomic mass is 79.9. The first-order chi connectivity index (χ1) is 8.20. The van der Waals surface area contributed by atoms with Gasteiger partial charge in [0.25, 0.3) is 0 Å². The summed E-state index contributed by atoms with van der Waals surface area (Å²) in [4.78, 5) is 0. The third kappa shape index (κ3) is 4.06.